The van der Waals surface area contributed by atoms with Gasteiger partial charge in [-0.05, 0) is 48.9 Å². The highest BCUT2D eigenvalue weighted by molar-refractivity contribution is 6.46. The topological polar surface area (TPSA) is 94.5 Å². The number of Topliss-reactive ketones (excluding diaryl/α,β-unsaturated/α-hetero) is 1. The second-order valence-corrected chi connectivity index (χ2v) is 7.08. The molecule has 32 heavy (non-hydrogen) atoms. The lowest BCUT2D eigenvalue weighted by molar-refractivity contribution is -0.149. The van der Waals surface area contributed by atoms with Crippen LogP contribution in [0.3, 0.4) is 0 Å². The van der Waals surface area contributed by atoms with Gasteiger partial charge < -0.3 is 29.0 Å². The van der Waals surface area contributed by atoms with Crippen LogP contribution in [0.2, 0.25) is 0 Å². The number of carbonyl (C=O) groups is 2. The van der Waals surface area contributed by atoms with Crippen molar-refractivity contribution in [3.8, 4) is 11.5 Å². The first-order valence-electron chi connectivity index (χ1n) is 10.2. The molecule has 0 saturated carbocycles. The highest BCUT2D eigenvalue weighted by atomic mass is 16.7. The smallest absolute Gasteiger partial charge is 0.295 e. The Kier molecular flexibility index (Phi) is 7.50. The van der Waals surface area contributed by atoms with E-state index in [1.165, 1.54) is 26.2 Å². The molecule has 1 atom stereocenters. The summed E-state index contributed by atoms with van der Waals surface area (Å²) < 4.78 is 21.1. The van der Waals surface area contributed by atoms with Gasteiger partial charge >= 0.3 is 0 Å². The molecule has 1 aliphatic rings. The molecule has 2 aromatic rings. The van der Waals surface area contributed by atoms with E-state index < -0.39 is 24.0 Å². The van der Waals surface area contributed by atoms with Gasteiger partial charge in [0.2, 0.25) is 0 Å². The van der Waals surface area contributed by atoms with Crippen molar-refractivity contribution in [2.45, 2.75) is 19.3 Å². The highest BCUT2D eigenvalue weighted by Crippen LogP contribution is 2.40. The molecule has 2 aromatic carbocycles. The second kappa shape index (κ2) is 10.3. The van der Waals surface area contributed by atoms with Gasteiger partial charge in [0.05, 0.1) is 31.9 Å². The zero-order chi connectivity index (χ0) is 23.3. The van der Waals surface area contributed by atoms with Gasteiger partial charge in [-0.2, -0.15) is 0 Å². The number of hydrogen-bond donors (Lipinski definition) is 1. The number of carbonyl (C=O) groups excluding carboxylic acids is 2. The predicted octanol–water partition coefficient (Wildman–Crippen LogP) is 3.13. The Hall–Kier alpha value is -3.36. The van der Waals surface area contributed by atoms with E-state index in [-0.39, 0.29) is 17.9 Å². The van der Waals surface area contributed by atoms with Crippen LogP contribution in [0.1, 0.15) is 24.1 Å². The predicted molar refractivity (Wildman–Crippen MR) is 117 cm³/mol. The summed E-state index contributed by atoms with van der Waals surface area (Å²) in [5.41, 5.74) is 1.04. The molecule has 0 radical (unpaired) electrons. The normalized spacial score (nSPS) is 17.8. The molecule has 1 saturated heterocycles. The van der Waals surface area contributed by atoms with Gasteiger partial charge in [0.25, 0.3) is 11.7 Å². The number of benzene rings is 2. The van der Waals surface area contributed by atoms with Crippen molar-refractivity contribution in [1.29, 1.82) is 0 Å². The van der Waals surface area contributed by atoms with Crippen molar-refractivity contribution >= 4 is 17.4 Å². The van der Waals surface area contributed by atoms with Crippen LogP contribution in [0, 0.1) is 0 Å². The van der Waals surface area contributed by atoms with E-state index in [1.807, 2.05) is 6.92 Å². The quantitative estimate of drug-likeness (QED) is 0.276. The lowest BCUT2D eigenvalue weighted by Crippen LogP contribution is -2.38. The Morgan fingerprint density at radius 1 is 0.969 bits per heavy atom. The van der Waals surface area contributed by atoms with Gasteiger partial charge in [-0.3, -0.25) is 9.59 Å². The lowest BCUT2D eigenvalue weighted by atomic mass is 9.95. The molecule has 1 N–H and O–H groups in total. The maximum Gasteiger partial charge on any atom is 0.295 e. The standard InChI is InChI=1S/C24H27NO7/c1-5-32-18-12-6-15(7-13-18)21-20(22(26)16-8-10-17(29-2)11-9-16)23(27)24(28)25(21)14-19(30-3)31-4/h6-13,19,21,26H,5,14H2,1-4H3/t21-/m1/s1. The van der Waals surface area contributed by atoms with Crippen LogP contribution < -0.4 is 9.47 Å². The number of likely N-dealkylation sites (tertiary alicyclic amines) is 1. The minimum Gasteiger partial charge on any atom is -0.507 e. The molecule has 170 valence electrons. The number of rotatable bonds is 9. The first-order valence-corrected chi connectivity index (χ1v) is 10.2. The third-order valence-corrected chi connectivity index (χ3v) is 5.28. The number of aliphatic hydroxyl groups is 1. The van der Waals surface area contributed by atoms with Gasteiger partial charge in [0, 0.05) is 19.8 Å². The van der Waals surface area contributed by atoms with E-state index in [9.17, 15) is 14.7 Å². The Bertz CT molecular complexity index is 978. The fraction of sp³-hybridized carbons (Fsp3) is 0.333. The number of ether oxygens (including phenoxy) is 4. The van der Waals surface area contributed by atoms with Crippen molar-refractivity contribution in [1.82, 2.24) is 4.90 Å². The minimum atomic E-state index is -0.819. The van der Waals surface area contributed by atoms with Gasteiger partial charge in [0.1, 0.15) is 17.3 Å². The number of aliphatic hydroxyl groups excluding tert-OH is 1. The number of amides is 1. The van der Waals surface area contributed by atoms with E-state index in [2.05, 4.69) is 0 Å². The molecule has 8 nitrogen and oxygen atoms in total. The summed E-state index contributed by atoms with van der Waals surface area (Å²) >= 11 is 0. The molecule has 0 bridgehead atoms. The number of nitrogens with zero attached hydrogens (tertiary/aromatic N) is 1. The molecular formula is C24H27NO7. The summed E-state index contributed by atoms with van der Waals surface area (Å²) in [4.78, 5) is 27.3. The summed E-state index contributed by atoms with van der Waals surface area (Å²) in [5, 5.41) is 11.1. The monoisotopic (exact) mass is 441 g/mol. The molecule has 3 rings (SSSR count). The second-order valence-electron chi connectivity index (χ2n) is 7.08. The van der Waals surface area contributed by atoms with Crippen molar-refractivity contribution in [3.63, 3.8) is 0 Å². The Balaban J connectivity index is 2.11. The van der Waals surface area contributed by atoms with Crippen LogP contribution >= 0.6 is 0 Å². The molecule has 1 fully saturated rings. The van der Waals surface area contributed by atoms with E-state index >= 15 is 0 Å². The molecule has 1 aliphatic heterocycles. The lowest BCUT2D eigenvalue weighted by Gasteiger charge is -2.28. The fourth-order valence-electron chi connectivity index (χ4n) is 3.64. The summed E-state index contributed by atoms with van der Waals surface area (Å²) in [7, 11) is 4.44. The van der Waals surface area contributed by atoms with Crippen molar-refractivity contribution < 1.29 is 33.6 Å². The maximum absolute atomic E-state index is 13.0. The van der Waals surface area contributed by atoms with E-state index in [0.29, 0.717) is 29.2 Å². The average molecular weight is 441 g/mol. The molecule has 0 spiro atoms. The first-order chi connectivity index (χ1) is 15.4. The van der Waals surface area contributed by atoms with Gasteiger partial charge in [-0.25, -0.2) is 0 Å². The maximum atomic E-state index is 13.0. The minimum absolute atomic E-state index is 0.00437. The third-order valence-electron chi connectivity index (χ3n) is 5.28. The van der Waals surface area contributed by atoms with Gasteiger partial charge in [0.15, 0.2) is 6.29 Å². The van der Waals surface area contributed by atoms with Gasteiger partial charge in [-0.1, -0.05) is 12.1 Å². The van der Waals surface area contributed by atoms with Crippen molar-refractivity contribution in [2.75, 3.05) is 34.5 Å². The average Bonchev–Trinajstić information content (AvgIpc) is 3.07. The Morgan fingerprint density at radius 3 is 2.09 bits per heavy atom. The van der Waals surface area contributed by atoms with E-state index in [0.717, 1.165) is 0 Å². The van der Waals surface area contributed by atoms with Crippen LogP contribution in [-0.4, -0.2) is 62.5 Å². The molecule has 0 unspecified atom stereocenters. The number of hydrogen-bond acceptors (Lipinski definition) is 7. The molecule has 1 amide bonds. The molecule has 0 aromatic heterocycles. The highest BCUT2D eigenvalue weighted by Gasteiger charge is 2.46. The Morgan fingerprint density at radius 2 is 1.56 bits per heavy atom. The largest absolute Gasteiger partial charge is 0.507 e. The summed E-state index contributed by atoms with van der Waals surface area (Å²) in [6.45, 7) is 2.40. The van der Waals surface area contributed by atoms with E-state index in [1.54, 1.807) is 48.5 Å². The summed E-state index contributed by atoms with van der Waals surface area (Å²) in [5.74, 6) is -0.511. The summed E-state index contributed by atoms with van der Waals surface area (Å²) in [6.07, 6.45) is -0.737. The van der Waals surface area contributed by atoms with Gasteiger partial charge in [-0.15, -0.1) is 0 Å². The van der Waals surface area contributed by atoms with Crippen LogP contribution in [0.4, 0.5) is 0 Å². The van der Waals surface area contributed by atoms with Crippen LogP contribution in [0.15, 0.2) is 54.1 Å². The molecule has 1 heterocycles. The zero-order valence-corrected chi connectivity index (χ0v) is 18.5. The number of methoxy groups -OCH3 is 3. The molecular weight excluding hydrogens is 414 g/mol. The SMILES string of the molecule is CCOc1ccc([C@@H]2C(=C(O)c3ccc(OC)cc3)C(=O)C(=O)N2CC(OC)OC)cc1. The van der Waals surface area contributed by atoms with Crippen LogP contribution in [0.5, 0.6) is 11.5 Å². The zero-order valence-electron chi connectivity index (χ0n) is 18.5. The third kappa shape index (κ3) is 4.61. The van der Waals surface area contributed by atoms with Crippen molar-refractivity contribution in [3.05, 3.63) is 65.2 Å². The van der Waals surface area contributed by atoms with E-state index in [4.69, 9.17) is 18.9 Å². The molecule has 8 heteroatoms. The fourth-order valence-corrected chi connectivity index (χ4v) is 3.64. The molecule has 0 aliphatic carbocycles. The number of ketones is 1. The summed E-state index contributed by atoms with van der Waals surface area (Å²) in [6, 6.07) is 12.8. The van der Waals surface area contributed by atoms with Crippen LogP contribution in [0.25, 0.3) is 5.76 Å². The van der Waals surface area contributed by atoms with Crippen LogP contribution in [-0.2, 0) is 19.1 Å². The first kappa shape index (κ1) is 23.3. The Labute approximate surface area is 187 Å². The van der Waals surface area contributed by atoms with Crippen molar-refractivity contribution in [2.24, 2.45) is 0 Å².